The van der Waals surface area contributed by atoms with Crippen LogP contribution in [-0.4, -0.2) is 40.7 Å². The number of rotatable bonds is 5. The van der Waals surface area contributed by atoms with Crippen molar-refractivity contribution in [2.24, 2.45) is 0 Å². The lowest BCUT2D eigenvalue weighted by Gasteiger charge is -2.42. The maximum Gasteiger partial charge on any atom is 0.277 e. The van der Waals surface area contributed by atoms with Gasteiger partial charge in [-0.15, -0.1) is 0 Å². The average molecular weight is 463 g/mol. The summed E-state index contributed by atoms with van der Waals surface area (Å²) in [7, 11) is 1.20. The summed E-state index contributed by atoms with van der Waals surface area (Å²) in [5.74, 6) is -5.20. The van der Waals surface area contributed by atoms with E-state index in [9.17, 15) is 27.6 Å². The summed E-state index contributed by atoms with van der Waals surface area (Å²) in [6.07, 6.45) is 4.42. The van der Waals surface area contributed by atoms with E-state index in [0.29, 0.717) is 18.6 Å². The highest BCUT2D eigenvalue weighted by Gasteiger charge is 2.41. The zero-order valence-corrected chi connectivity index (χ0v) is 17.7. The van der Waals surface area contributed by atoms with Crippen molar-refractivity contribution in [2.45, 2.75) is 38.7 Å². The first-order valence-corrected chi connectivity index (χ1v) is 10.1. The van der Waals surface area contributed by atoms with Crippen LogP contribution in [-0.2, 0) is 17.8 Å². The molecule has 0 bridgehead atoms. The molecule has 174 valence electrons. The minimum atomic E-state index is -1.17. The number of halogens is 3. The molecule has 2 amide bonds. The molecule has 4 rings (SSSR count). The number of hydrogen-bond acceptors (Lipinski definition) is 5. The van der Waals surface area contributed by atoms with Gasteiger partial charge in [-0.25, -0.2) is 13.2 Å². The van der Waals surface area contributed by atoms with E-state index < -0.39 is 58.6 Å². The molecular weight excluding hydrogens is 443 g/mol. The molecular formula is C22H20F3N3O5. The first-order chi connectivity index (χ1) is 15.8. The zero-order chi connectivity index (χ0) is 23.9. The third kappa shape index (κ3) is 3.83. The van der Waals surface area contributed by atoms with Gasteiger partial charge in [-0.2, -0.15) is 0 Å². The Morgan fingerprint density at radius 1 is 1.24 bits per heavy atom. The minimum Gasteiger partial charge on any atom is -0.491 e. The van der Waals surface area contributed by atoms with Crippen molar-refractivity contribution in [2.75, 3.05) is 7.11 Å². The van der Waals surface area contributed by atoms with Crippen molar-refractivity contribution >= 4 is 11.8 Å². The van der Waals surface area contributed by atoms with Crippen molar-refractivity contribution in [1.82, 2.24) is 14.8 Å². The van der Waals surface area contributed by atoms with Crippen LogP contribution < -0.4 is 15.5 Å². The molecule has 0 saturated carbocycles. The standard InChI is InChI=1S/C22H20F3N3O5/c1-3-12-4-5-33-17-10-27-9-14(19(29)20(32-2)18(27)22(31)28(12)17)21(30)26-8-13-15(24)6-11(23)7-16(13)25/h4-7,9,12,17H,3,8,10H2,1-2H3,(H,26,30)/t12-,17+/m0/s1. The third-order valence-electron chi connectivity index (χ3n) is 5.63. The molecule has 0 aliphatic carbocycles. The van der Waals surface area contributed by atoms with Crippen molar-refractivity contribution in [1.29, 1.82) is 0 Å². The first kappa shape index (κ1) is 22.4. The number of pyridine rings is 1. The van der Waals surface area contributed by atoms with Crippen molar-refractivity contribution in [3.05, 3.63) is 75.2 Å². The Balaban J connectivity index is 1.68. The van der Waals surface area contributed by atoms with E-state index in [2.05, 4.69) is 5.32 Å². The fourth-order valence-electron chi connectivity index (χ4n) is 3.99. The topological polar surface area (TPSA) is 89.9 Å². The third-order valence-corrected chi connectivity index (χ3v) is 5.63. The molecule has 33 heavy (non-hydrogen) atoms. The lowest BCUT2D eigenvalue weighted by atomic mass is 10.1. The van der Waals surface area contributed by atoms with Crippen molar-refractivity contribution < 1.29 is 32.2 Å². The van der Waals surface area contributed by atoms with E-state index >= 15 is 0 Å². The molecule has 0 radical (unpaired) electrons. The van der Waals surface area contributed by atoms with E-state index in [1.165, 1.54) is 29.0 Å². The molecule has 1 N–H and O–H groups in total. The summed E-state index contributed by atoms with van der Waals surface area (Å²) >= 11 is 0. The number of carbonyl (C=O) groups excluding carboxylic acids is 2. The van der Waals surface area contributed by atoms with Crippen LogP contribution in [0, 0.1) is 17.5 Å². The highest BCUT2D eigenvalue weighted by molar-refractivity contribution is 5.99. The molecule has 0 saturated heterocycles. The van der Waals surface area contributed by atoms with Crippen LogP contribution in [0.2, 0.25) is 0 Å². The van der Waals surface area contributed by atoms with Gasteiger partial charge in [0.05, 0.1) is 26.0 Å². The first-order valence-electron chi connectivity index (χ1n) is 10.1. The number of nitrogens with one attached hydrogen (secondary N) is 1. The summed E-state index contributed by atoms with van der Waals surface area (Å²) in [4.78, 5) is 40.4. The van der Waals surface area contributed by atoms with Gasteiger partial charge in [-0.1, -0.05) is 6.92 Å². The molecule has 8 nitrogen and oxygen atoms in total. The number of nitrogens with zero attached hydrogens (tertiary/aromatic N) is 2. The molecule has 1 aromatic carbocycles. The van der Waals surface area contributed by atoms with Gasteiger partial charge in [0, 0.05) is 30.4 Å². The van der Waals surface area contributed by atoms with Gasteiger partial charge in [-0.05, 0) is 12.5 Å². The average Bonchev–Trinajstić information content (AvgIpc) is 2.77. The van der Waals surface area contributed by atoms with Crippen LogP contribution in [0.15, 0.2) is 35.5 Å². The fourth-order valence-corrected chi connectivity index (χ4v) is 3.99. The quantitative estimate of drug-likeness (QED) is 0.735. The Kier molecular flexibility index (Phi) is 5.88. The van der Waals surface area contributed by atoms with Crippen LogP contribution in [0.4, 0.5) is 13.2 Å². The number of methoxy groups -OCH3 is 1. The second kappa shape index (κ2) is 8.64. The van der Waals surface area contributed by atoms with Crippen LogP contribution in [0.5, 0.6) is 5.75 Å². The summed E-state index contributed by atoms with van der Waals surface area (Å²) in [5.41, 5.74) is -1.83. The largest absolute Gasteiger partial charge is 0.491 e. The maximum absolute atomic E-state index is 13.9. The van der Waals surface area contributed by atoms with Crippen LogP contribution in [0.25, 0.3) is 0 Å². The molecule has 0 unspecified atom stereocenters. The molecule has 3 heterocycles. The number of fused-ring (bicyclic) bond motifs is 2. The van der Waals surface area contributed by atoms with Gasteiger partial charge >= 0.3 is 0 Å². The van der Waals surface area contributed by atoms with E-state index in [-0.39, 0.29) is 24.0 Å². The lowest BCUT2D eigenvalue weighted by molar-refractivity contribution is -0.0452. The van der Waals surface area contributed by atoms with E-state index in [0.717, 1.165) is 0 Å². The highest BCUT2D eigenvalue weighted by Crippen LogP contribution is 2.29. The Labute approximate surface area is 186 Å². The monoisotopic (exact) mass is 463 g/mol. The Hall–Kier alpha value is -3.76. The van der Waals surface area contributed by atoms with E-state index in [4.69, 9.17) is 9.47 Å². The Morgan fingerprint density at radius 2 is 1.94 bits per heavy atom. The number of benzene rings is 1. The zero-order valence-electron chi connectivity index (χ0n) is 17.7. The summed E-state index contributed by atoms with van der Waals surface area (Å²) < 4.78 is 53.0. The van der Waals surface area contributed by atoms with Crippen LogP contribution >= 0.6 is 0 Å². The molecule has 0 spiro atoms. The van der Waals surface area contributed by atoms with Crippen molar-refractivity contribution in [3.8, 4) is 5.75 Å². The predicted molar refractivity (Wildman–Crippen MR) is 109 cm³/mol. The van der Waals surface area contributed by atoms with Gasteiger partial charge < -0.3 is 19.4 Å². The van der Waals surface area contributed by atoms with Gasteiger partial charge in [0.2, 0.25) is 5.43 Å². The Morgan fingerprint density at radius 3 is 2.58 bits per heavy atom. The highest BCUT2D eigenvalue weighted by atomic mass is 19.1. The number of carbonyl (C=O) groups is 2. The number of aromatic nitrogens is 1. The molecule has 11 heteroatoms. The summed E-state index contributed by atoms with van der Waals surface area (Å²) in [6, 6.07) is 0.746. The molecule has 2 atom stereocenters. The van der Waals surface area contributed by atoms with Gasteiger partial charge in [0.15, 0.2) is 17.7 Å². The molecule has 1 aromatic heterocycles. The normalized spacial score (nSPS) is 18.9. The molecule has 2 aromatic rings. The lowest BCUT2D eigenvalue weighted by Crippen LogP contribution is -2.55. The summed E-state index contributed by atoms with van der Waals surface area (Å²) in [5, 5.41) is 2.25. The van der Waals surface area contributed by atoms with E-state index in [1.54, 1.807) is 6.08 Å². The number of ether oxygens (including phenoxy) is 2. The minimum absolute atomic E-state index is 0.0247. The fraction of sp³-hybridized carbons (Fsp3) is 0.318. The maximum atomic E-state index is 13.9. The SMILES string of the molecule is CC[C@H]1C=CO[C@@H]2Cn3cc(C(=O)NCc4c(F)cc(F)cc4F)c(=O)c(OC)c3C(=O)N12. The Bertz CT molecular complexity index is 1200. The molecule has 2 aliphatic heterocycles. The van der Waals surface area contributed by atoms with E-state index in [1.807, 2.05) is 6.92 Å². The van der Waals surface area contributed by atoms with Crippen molar-refractivity contribution in [3.63, 3.8) is 0 Å². The smallest absolute Gasteiger partial charge is 0.277 e. The molecule has 2 aliphatic rings. The second-order valence-corrected chi connectivity index (χ2v) is 7.54. The van der Waals surface area contributed by atoms with Gasteiger partial charge in [0.25, 0.3) is 11.8 Å². The molecule has 0 fully saturated rings. The van der Waals surface area contributed by atoms with Crippen LogP contribution in [0.3, 0.4) is 0 Å². The van der Waals surface area contributed by atoms with Crippen LogP contribution in [0.1, 0.15) is 39.8 Å². The van der Waals surface area contributed by atoms with Gasteiger partial charge in [-0.3, -0.25) is 19.3 Å². The van der Waals surface area contributed by atoms with Gasteiger partial charge in [0.1, 0.15) is 23.0 Å². The second-order valence-electron chi connectivity index (χ2n) is 7.54. The number of amides is 2. The summed E-state index contributed by atoms with van der Waals surface area (Å²) in [6.45, 7) is 1.41. The number of hydrogen-bond donors (Lipinski definition) is 1. The predicted octanol–water partition coefficient (Wildman–Crippen LogP) is 2.31.